The molecule has 0 aliphatic carbocycles. The molecule has 2 rings (SSSR count). The van der Waals surface area contributed by atoms with Crippen LogP contribution in [0.5, 0.6) is 0 Å². The van der Waals surface area contributed by atoms with E-state index in [4.69, 9.17) is 5.73 Å². The van der Waals surface area contributed by atoms with Crippen molar-refractivity contribution in [3.05, 3.63) is 6.33 Å². The monoisotopic (exact) mass is 234 g/mol. The lowest BCUT2D eigenvalue weighted by molar-refractivity contribution is 0.510. The maximum absolute atomic E-state index is 5.67. The number of anilines is 2. The van der Waals surface area contributed by atoms with Crippen LogP contribution in [0.1, 0.15) is 27.2 Å². The van der Waals surface area contributed by atoms with Gasteiger partial charge in [0.25, 0.3) is 0 Å². The zero-order valence-electron chi connectivity index (χ0n) is 10.4. The summed E-state index contributed by atoms with van der Waals surface area (Å²) in [4.78, 5) is 15.4. The molecule has 0 saturated carbocycles. The van der Waals surface area contributed by atoms with Crippen molar-refractivity contribution in [1.29, 1.82) is 0 Å². The van der Waals surface area contributed by atoms with Crippen molar-refractivity contribution in [2.75, 3.05) is 11.1 Å². The van der Waals surface area contributed by atoms with Crippen molar-refractivity contribution < 1.29 is 0 Å². The average molecular weight is 234 g/mol. The third-order valence-electron chi connectivity index (χ3n) is 2.86. The van der Waals surface area contributed by atoms with Crippen LogP contribution < -0.4 is 11.1 Å². The number of fused-ring (bicyclic) bond motifs is 1. The van der Waals surface area contributed by atoms with Crippen molar-refractivity contribution in [2.24, 2.45) is 5.92 Å². The van der Waals surface area contributed by atoms with E-state index in [1.807, 2.05) is 0 Å². The van der Waals surface area contributed by atoms with Gasteiger partial charge in [0.1, 0.15) is 5.52 Å². The molecule has 0 unspecified atom stereocenters. The molecule has 6 nitrogen and oxygen atoms in total. The van der Waals surface area contributed by atoms with Crippen molar-refractivity contribution >= 4 is 22.9 Å². The van der Waals surface area contributed by atoms with Gasteiger partial charge < -0.3 is 16.0 Å². The van der Waals surface area contributed by atoms with Crippen LogP contribution in [0.15, 0.2) is 6.33 Å². The van der Waals surface area contributed by atoms with Crippen LogP contribution in [-0.2, 0) is 0 Å². The summed E-state index contributed by atoms with van der Waals surface area (Å²) in [5.74, 6) is 1.47. The molecule has 92 valence electrons. The molecule has 2 heterocycles. The Hall–Kier alpha value is -1.85. The van der Waals surface area contributed by atoms with E-state index in [-0.39, 0.29) is 5.95 Å². The lowest BCUT2D eigenvalue weighted by Gasteiger charge is -2.21. The molecule has 0 aliphatic heterocycles. The van der Waals surface area contributed by atoms with Gasteiger partial charge in [-0.15, -0.1) is 0 Å². The predicted molar refractivity (Wildman–Crippen MR) is 68.6 cm³/mol. The Morgan fingerprint density at radius 2 is 2.18 bits per heavy atom. The van der Waals surface area contributed by atoms with E-state index in [0.29, 0.717) is 23.4 Å². The smallest absolute Gasteiger partial charge is 0.224 e. The molecule has 0 fully saturated rings. The van der Waals surface area contributed by atoms with Gasteiger partial charge in [-0.3, -0.25) is 0 Å². The number of rotatable bonds is 4. The molecule has 0 aromatic carbocycles. The van der Waals surface area contributed by atoms with E-state index >= 15 is 0 Å². The molecule has 0 aliphatic rings. The van der Waals surface area contributed by atoms with Gasteiger partial charge in [0.15, 0.2) is 11.5 Å². The van der Waals surface area contributed by atoms with Crippen LogP contribution in [-0.4, -0.2) is 26.0 Å². The maximum Gasteiger partial charge on any atom is 0.224 e. The van der Waals surface area contributed by atoms with E-state index in [2.05, 4.69) is 46.0 Å². The lowest BCUT2D eigenvalue weighted by Crippen LogP contribution is -2.25. The van der Waals surface area contributed by atoms with Crippen LogP contribution in [0.25, 0.3) is 11.2 Å². The summed E-state index contributed by atoms with van der Waals surface area (Å²) in [6.45, 7) is 6.49. The number of nitrogens with two attached hydrogens (primary N) is 1. The molecule has 0 bridgehead atoms. The molecule has 0 amide bonds. The average Bonchev–Trinajstić information content (AvgIpc) is 2.72. The lowest BCUT2D eigenvalue weighted by atomic mass is 10.0. The first-order valence-electron chi connectivity index (χ1n) is 5.85. The largest absolute Gasteiger partial charge is 0.368 e. The minimum absolute atomic E-state index is 0.253. The highest BCUT2D eigenvalue weighted by molar-refractivity contribution is 5.83. The zero-order chi connectivity index (χ0) is 12.4. The van der Waals surface area contributed by atoms with Crippen molar-refractivity contribution in [2.45, 2.75) is 33.2 Å². The summed E-state index contributed by atoms with van der Waals surface area (Å²) < 4.78 is 0. The molecular weight excluding hydrogens is 216 g/mol. The second kappa shape index (κ2) is 4.57. The number of hydrogen-bond donors (Lipinski definition) is 3. The fourth-order valence-corrected chi connectivity index (χ4v) is 1.87. The van der Waals surface area contributed by atoms with Gasteiger partial charge in [0, 0.05) is 6.04 Å². The third-order valence-corrected chi connectivity index (χ3v) is 2.86. The minimum Gasteiger partial charge on any atom is -0.368 e. The molecule has 1 atom stereocenters. The van der Waals surface area contributed by atoms with E-state index in [0.717, 1.165) is 11.9 Å². The molecule has 0 saturated heterocycles. The summed E-state index contributed by atoms with van der Waals surface area (Å²) in [5.41, 5.74) is 7.07. The highest BCUT2D eigenvalue weighted by Gasteiger charge is 2.15. The summed E-state index contributed by atoms with van der Waals surface area (Å²) in [7, 11) is 0. The normalized spacial score (nSPS) is 13.2. The fourth-order valence-electron chi connectivity index (χ4n) is 1.87. The number of H-pyrrole nitrogens is 1. The molecular formula is C11H18N6. The second-order valence-electron chi connectivity index (χ2n) is 4.43. The number of aromatic nitrogens is 4. The third kappa shape index (κ3) is 2.30. The number of nitrogens with one attached hydrogen (secondary N) is 2. The molecule has 0 spiro atoms. The van der Waals surface area contributed by atoms with Crippen molar-refractivity contribution in [1.82, 2.24) is 19.9 Å². The van der Waals surface area contributed by atoms with Gasteiger partial charge in [0.05, 0.1) is 6.33 Å². The first kappa shape index (κ1) is 11.6. The van der Waals surface area contributed by atoms with Gasteiger partial charge in [-0.1, -0.05) is 20.8 Å². The Labute approximate surface area is 100 Å². The maximum atomic E-state index is 5.67. The highest BCUT2D eigenvalue weighted by Crippen LogP contribution is 2.20. The Kier molecular flexibility index (Phi) is 3.12. The topological polar surface area (TPSA) is 92.5 Å². The van der Waals surface area contributed by atoms with Crippen molar-refractivity contribution in [3.63, 3.8) is 0 Å². The minimum atomic E-state index is 0.253. The number of nitrogens with zero attached hydrogens (tertiary/aromatic N) is 3. The first-order chi connectivity index (χ1) is 8.11. The van der Waals surface area contributed by atoms with Crippen molar-refractivity contribution in [3.8, 4) is 0 Å². The van der Waals surface area contributed by atoms with Crippen LogP contribution in [0.2, 0.25) is 0 Å². The second-order valence-corrected chi connectivity index (χ2v) is 4.43. The summed E-state index contributed by atoms with van der Waals surface area (Å²) in [5, 5.41) is 3.38. The van der Waals surface area contributed by atoms with E-state index in [1.54, 1.807) is 6.33 Å². The Morgan fingerprint density at radius 1 is 1.41 bits per heavy atom. The van der Waals surface area contributed by atoms with Crippen LogP contribution in [0.3, 0.4) is 0 Å². The van der Waals surface area contributed by atoms with Crippen LogP contribution in [0.4, 0.5) is 11.8 Å². The zero-order valence-corrected chi connectivity index (χ0v) is 10.4. The number of nitrogen functional groups attached to an aromatic ring is 1. The molecule has 4 N–H and O–H groups in total. The summed E-state index contributed by atoms with van der Waals surface area (Å²) >= 11 is 0. The van der Waals surface area contributed by atoms with Gasteiger partial charge in [-0.05, 0) is 12.3 Å². The van der Waals surface area contributed by atoms with E-state index < -0.39 is 0 Å². The van der Waals surface area contributed by atoms with Gasteiger partial charge in [-0.25, -0.2) is 4.98 Å². The molecule has 2 aromatic heterocycles. The molecule has 0 radical (unpaired) electrons. The Bertz CT molecular complexity index is 504. The molecule has 6 heteroatoms. The van der Waals surface area contributed by atoms with Gasteiger partial charge >= 0.3 is 0 Å². The highest BCUT2D eigenvalue weighted by atomic mass is 15.1. The van der Waals surface area contributed by atoms with E-state index in [9.17, 15) is 0 Å². The van der Waals surface area contributed by atoms with Gasteiger partial charge in [0.2, 0.25) is 5.95 Å². The van der Waals surface area contributed by atoms with Gasteiger partial charge in [-0.2, -0.15) is 9.97 Å². The number of imidazole rings is 1. The SMILES string of the molecule is CC[C@H](Nc1nc(N)nc2[nH]cnc12)C(C)C. The molecule has 17 heavy (non-hydrogen) atoms. The quantitative estimate of drug-likeness (QED) is 0.750. The van der Waals surface area contributed by atoms with Crippen LogP contribution in [0, 0.1) is 5.92 Å². The molecule has 2 aromatic rings. The fraction of sp³-hybridized carbons (Fsp3) is 0.545. The summed E-state index contributed by atoms with van der Waals surface area (Å²) in [6.07, 6.45) is 2.62. The number of aromatic amines is 1. The van der Waals surface area contributed by atoms with Crippen LogP contribution >= 0.6 is 0 Å². The number of hydrogen-bond acceptors (Lipinski definition) is 5. The standard InChI is InChI=1S/C11H18N6/c1-4-7(6(2)3)15-10-8-9(14-5-13-8)16-11(12)17-10/h5-7H,4H2,1-3H3,(H4,12,13,14,15,16,17)/t7-/m0/s1. The Balaban J connectivity index is 2.37. The van der Waals surface area contributed by atoms with E-state index in [1.165, 1.54) is 0 Å². The first-order valence-corrected chi connectivity index (χ1v) is 5.85. The Morgan fingerprint density at radius 3 is 2.82 bits per heavy atom. The summed E-state index contributed by atoms with van der Waals surface area (Å²) in [6, 6.07) is 0.351. The predicted octanol–water partition coefficient (Wildman–Crippen LogP) is 1.78.